The molecule has 1 aromatic heterocycles. The van der Waals surface area contributed by atoms with E-state index in [0.717, 1.165) is 23.7 Å². The molecule has 32 heavy (non-hydrogen) atoms. The Morgan fingerprint density at radius 3 is 2.66 bits per heavy atom. The molecule has 3 aromatic rings. The molecule has 0 N–H and O–H groups in total. The highest BCUT2D eigenvalue weighted by Gasteiger charge is 2.42. The fourth-order valence-corrected chi connectivity index (χ4v) is 4.93. The first kappa shape index (κ1) is 20.7. The van der Waals surface area contributed by atoms with Gasteiger partial charge in [-0.1, -0.05) is 18.2 Å². The van der Waals surface area contributed by atoms with Gasteiger partial charge in [-0.15, -0.1) is 0 Å². The van der Waals surface area contributed by atoms with Gasteiger partial charge in [-0.25, -0.2) is 4.39 Å². The van der Waals surface area contributed by atoms with Crippen molar-refractivity contribution in [3.05, 3.63) is 66.1 Å². The summed E-state index contributed by atoms with van der Waals surface area (Å²) in [5, 5.41) is 0.959. The molecule has 2 fully saturated rings. The largest absolute Gasteiger partial charge is 0.363 e. The van der Waals surface area contributed by atoms with Crippen LogP contribution < -0.4 is 4.90 Å². The lowest BCUT2D eigenvalue weighted by Crippen LogP contribution is -2.55. The SMILES string of the molecule is Cn1cc(C(=O)N2CCCC3(CC2)CN(c2ccc(F)cc2)C(=O)CO3)c2ccccc21. The van der Waals surface area contributed by atoms with Crippen LogP contribution in [0.15, 0.2) is 54.7 Å². The van der Waals surface area contributed by atoms with E-state index in [1.54, 1.807) is 17.0 Å². The number of carbonyl (C=O) groups is 2. The molecule has 0 bridgehead atoms. The van der Waals surface area contributed by atoms with Crippen LogP contribution in [0.1, 0.15) is 29.6 Å². The summed E-state index contributed by atoms with van der Waals surface area (Å²) in [5.74, 6) is -0.433. The maximum Gasteiger partial charge on any atom is 0.256 e. The third-order valence-electron chi connectivity index (χ3n) is 6.70. The topological polar surface area (TPSA) is 54.8 Å². The van der Waals surface area contributed by atoms with Crippen molar-refractivity contribution in [2.75, 3.05) is 31.1 Å². The molecule has 2 aliphatic rings. The number of aromatic nitrogens is 1. The second-order valence-corrected chi connectivity index (χ2v) is 8.74. The molecule has 7 heteroatoms. The first-order valence-corrected chi connectivity index (χ1v) is 11.0. The van der Waals surface area contributed by atoms with Crippen molar-refractivity contribution in [1.82, 2.24) is 9.47 Å². The number of ether oxygens (including phenoxy) is 1. The van der Waals surface area contributed by atoms with Crippen LogP contribution in [0.5, 0.6) is 0 Å². The summed E-state index contributed by atoms with van der Waals surface area (Å²) < 4.78 is 21.4. The third kappa shape index (κ3) is 3.66. The van der Waals surface area contributed by atoms with Gasteiger partial charge in [-0.05, 0) is 49.6 Å². The molecule has 5 rings (SSSR count). The number of fused-ring (bicyclic) bond motifs is 1. The predicted molar refractivity (Wildman–Crippen MR) is 120 cm³/mol. The number of carbonyl (C=O) groups excluding carboxylic acids is 2. The van der Waals surface area contributed by atoms with Gasteiger partial charge in [-0.2, -0.15) is 0 Å². The Morgan fingerprint density at radius 1 is 1.06 bits per heavy atom. The monoisotopic (exact) mass is 435 g/mol. The lowest BCUT2D eigenvalue weighted by Gasteiger charge is -2.42. The average molecular weight is 435 g/mol. The van der Waals surface area contributed by atoms with Crippen LogP contribution in [0.4, 0.5) is 10.1 Å². The number of nitrogens with zero attached hydrogens (tertiary/aromatic N) is 3. The van der Waals surface area contributed by atoms with Crippen LogP contribution in [0.3, 0.4) is 0 Å². The van der Waals surface area contributed by atoms with Crippen LogP contribution in [0, 0.1) is 5.82 Å². The highest BCUT2D eigenvalue weighted by molar-refractivity contribution is 6.07. The van der Waals surface area contributed by atoms with E-state index in [0.29, 0.717) is 37.3 Å². The Hall–Kier alpha value is -3.19. The van der Waals surface area contributed by atoms with Crippen LogP contribution in [0.25, 0.3) is 10.9 Å². The van der Waals surface area contributed by atoms with Crippen LogP contribution in [-0.4, -0.2) is 53.1 Å². The highest BCUT2D eigenvalue weighted by atomic mass is 19.1. The van der Waals surface area contributed by atoms with E-state index in [2.05, 4.69) is 0 Å². The lowest BCUT2D eigenvalue weighted by molar-refractivity contribution is -0.140. The summed E-state index contributed by atoms with van der Waals surface area (Å²) >= 11 is 0. The van der Waals surface area contributed by atoms with Gasteiger partial charge in [0.05, 0.1) is 17.7 Å². The lowest BCUT2D eigenvalue weighted by atomic mass is 9.92. The fourth-order valence-electron chi connectivity index (χ4n) is 4.93. The summed E-state index contributed by atoms with van der Waals surface area (Å²) in [4.78, 5) is 29.5. The minimum atomic E-state index is -0.504. The Balaban J connectivity index is 1.34. The molecular formula is C25H26FN3O3. The Morgan fingerprint density at radius 2 is 1.84 bits per heavy atom. The predicted octanol–water partition coefficient (Wildman–Crippen LogP) is 3.75. The molecule has 1 unspecified atom stereocenters. The maximum absolute atomic E-state index is 13.4. The second-order valence-electron chi connectivity index (χ2n) is 8.74. The second kappa shape index (κ2) is 8.06. The van der Waals surface area contributed by atoms with Gasteiger partial charge in [-0.3, -0.25) is 9.59 Å². The summed E-state index contributed by atoms with van der Waals surface area (Å²) in [6.07, 6.45) is 4.10. The number of aryl methyl sites for hydroxylation is 1. The molecule has 0 radical (unpaired) electrons. The van der Waals surface area contributed by atoms with Gasteiger partial charge in [0, 0.05) is 42.9 Å². The molecule has 166 valence electrons. The molecule has 2 aromatic carbocycles. The van der Waals surface area contributed by atoms with Crippen molar-refractivity contribution in [3.8, 4) is 0 Å². The van der Waals surface area contributed by atoms with E-state index in [1.807, 2.05) is 47.0 Å². The van der Waals surface area contributed by atoms with E-state index in [-0.39, 0.29) is 24.2 Å². The summed E-state index contributed by atoms with van der Waals surface area (Å²) in [7, 11) is 1.95. The number of benzene rings is 2. The zero-order valence-electron chi connectivity index (χ0n) is 18.1. The van der Waals surface area contributed by atoms with E-state index >= 15 is 0 Å². The Bertz CT molecular complexity index is 1170. The smallest absolute Gasteiger partial charge is 0.256 e. The molecule has 2 aliphatic heterocycles. The van der Waals surface area contributed by atoms with E-state index in [9.17, 15) is 14.0 Å². The van der Waals surface area contributed by atoms with Crippen molar-refractivity contribution >= 4 is 28.4 Å². The summed E-state index contributed by atoms with van der Waals surface area (Å²) in [5.41, 5.74) is 1.92. The van der Waals surface area contributed by atoms with Crippen LogP contribution in [0.2, 0.25) is 0 Å². The van der Waals surface area contributed by atoms with Crippen molar-refractivity contribution in [2.24, 2.45) is 7.05 Å². The molecule has 1 atom stereocenters. The number of hydrogen-bond donors (Lipinski definition) is 0. The van der Waals surface area contributed by atoms with E-state index in [1.165, 1.54) is 12.1 Å². The summed E-state index contributed by atoms with van der Waals surface area (Å²) in [6, 6.07) is 13.9. The van der Waals surface area contributed by atoms with Crippen molar-refractivity contribution < 1.29 is 18.7 Å². The molecule has 6 nitrogen and oxygen atoms in total. The third-order valence-corrected chi connectivity index (χ3v) is 6.70. The van der Waals surface area contributed by atoms with Crippen molar-refractivity contribution in [2.45, 2.75) is 24.9 Å². The number of amides is 2. The first-order valence-electron chi connectivity index (χ1n) is 11.0. The number of likely N-dealkylation sites (tertiary alicyclic amines) is 1. The van der Waals surface area contributed by atoms with Crippen molar-refractivity contribution in [1.29, 1.82) is 0 Å². The van der Waals surface area contributed by atoms with E-state index < -0.39 is 5.60 Å². The number of hydrogen-bond acceptors (Lipinski definition) is 3. The zero-order valence-corrected chi connectivity index (χ0v) is 18.1. The molecule has 0 saturated carbocycles. The Labute approximate surface area is 186 Å². The molecule has 2 saturated heterocycles. The van der Waals surface area contributed by atoms with E-state index in [4.69, 9.17) is 4.74 Å². The number of morpholine rings is 1. The molecule has 1 spiro atoms. The quantitative estimate of drug-likeness (QED) is 0.616. The maximum atomic E-state index is 13.4. The number of para-hydroxylation sites is 1. The number of anilines is 1. The number of halogens is 1. The van der Waals surface area contributed by atoms with Crippen molar-refractivity contribution in [3.63, 3.8) is 0 Å². The average Bonchev–Trinajstić information content (AvgIpc) is 3.00. The van der Waals surface area contributed by atoms with Gasteiger partial charge in [0.2, 0.25) is 0 Å². The van der Waals surface area contributed by atoms with Gasteiger partial charge in [0.25, 0.3) is 11.8 Å². The molecule has 3 heterocycles. The molecule has 0 aliphatic carbocycles. The van der Waals surface area contributed by atoms with Gasteiger partial charge in [0.15, 0.2) is 0 Å². The van der Waals surface area contributed by atoms with Gasteiger partial charge in [0.1, 0.15) is 12.4 Å². The minimum absolute atomic E-state index is 0.00531. The Kier molecular flexibility index (Phi) is 5.21. The van der Waals surface area contributed by atoms with Gasteiger partial charge < -0.3 is 19.1 Å². The highest BCUT2D eigenvalue weighted by Crippen LogP contribution is 2.33. The first-order chi connectivity index (χ1) is 15.5. The normalized spacial score (nSPS) is 21.9. The van der Waals surface area contributed by atoms with Gasteiger partial charge >= 0.3 is 0 Å². The fraction of sp³-hybridized carbons (Fsp3) is 0.360. The standard InChI is InChI=1S/C25H26FN3O3/c1-27-15-21(20-5-2-3-6-22(20)27)24(31)28-13-4-11-25(12-14-28)17-29(23(30)16-32-25)19-9-7-18(26)8-10-19/h2-3,5-10,15H,4,11-14,16-17H2,1H3. The van der Waals surface area contributed by atoms with Crippen LogP contribution in [-0.2, 0) is 16.6 Å². The summed E-state index contributed by atoms with van der Waals surface area (Å²) in [6.45, 7) is 1.62. The zero-order chi connectivity index (χ0) is 22.3. The molecule has 2 amide bonds. The molecular weight excluding hydrogens is 409 g/mol. The number of rotatable bonds is 2. The minimum Gasteiger partial charge on any atom is -0.363 e. The van der Waals surface area contributed by atoms with Crippen LogP contribution >= 0.6 is 0 Å².